The minimum absolute atomic E-state index is 0.0487. The van der Waals surface area contributed by atoms with E-state index < -0.39 is 35.3 Å². The highest BCUT2D eigenvalue weighted by molar-refractivity contribution is 6.22. The molecule has 11 nitrogen and oxygen atoms in total. The third-order valence-electron chi connectivity index (χ3n) is 5.82. The molecule has 3 aliphatic heterocycles. The predicted molar refractivity (Wildman–Crippen MR) is 105 cm³/mol. The van der Waals surface area contributed by atoms with Crippen molar-refractivity contribution in [3.8, 4) is 0 Å². The van der Waals surface area contributed by atoms with Crippen LogP contribution in [-0.4, -0.2) is 88.7 Å². The van der Waals surface area contributed by atoms with Crippen molar-refractivity contribution in [1.82, 2.24) is 14.7 Å². The maximum Gasteiger partial charge on any atom is 0.270 e. The van der Waals surface area contributed by atoms with Crippen LogP contribution in [0, 0.1) is 10.1 Å². The minimum atomic E-state index is -0.720. The molecule has 11 heteroatoms. The Morgan fingerprint density at radius 3 is 2.45 bits per heavy atom. The van der Waals surface area contributed by atoms with E-state index in [0.717, 1.165) is 23.5 Å². The van der Waals surface area contributed by atoms with Crippen LogP contribution in [0.2, 0.25) is 0 Å². The quantitative estimate of drug-likeness (QED) is 0.385. The lowest BCUT2D eigenvalue weighted by molar-refractivity contribution is -0.384. The number of carbonyl (C=O) groups is 4. The van der Waals surface area contributed by atoms with Gasteiger partial charge in [-0.15, -0.1) is 0 Å². The second-order valence-electron chi connectivity index (χ2n) is 7.74. The summed E-state index contributed by atoms with van der Waals surface area (Å²) in [6.45, 7) is 1.71. The summed E-state index contributed by atoms with van der Waals surface area (Å²) in [5.74, 6) is -1.83. The average Bonchev–Trinajstić information content (AvgIpc) is 3.28. The zero-order chi connectivity index (χ0) is 22.1. The summed E-state index contributed by atoms with van der Waals surface area (Å²) in [7, 11) is 0. The third kappa shape index (κ3) is 4.00. The summed E-state index contributed by atoms with van der Waals surface area (Å²) in [5.41, 5.74) is -0.319. The smallest absolute Gasteiger partial charge is 0.270 e. The Labute approximate surface area is 177 Å². The largest absolute Gasteiger partial charge is 0.368 e. The van der Waals surface area contributed by atoms with Crippen molar-refractivity contribution < 1.29 is 28.8 Å². The number of nitro groups is 1. The van der Waals surface area contributed by atoms with Crippen molar-refractivity contribution in [2.24, 2.45) is 0 Å². The fraction of sp³-hybridized carbons (Fsp3) is 0.500. The van der Waals surface area contributed by atoms with Crippen molar-refractivity contribution in [2.45, 2.75) is 25.4 Å². The van der Waals surface area contributed by atoms with Gasteiger partial charge in [-0.05, 0) is 25.3 Å². The van der Waals surface area contributed by atoms with Crippen molar-refractivity contribution in [3.05, 3.63) is 39.4 Å². The highest BCUT2D eigenvalue weighted by atomic mass is 16.6. The number of fused-ring (bicyclic) bond motifs is 1. The molecule has 4 rings (SSSR count). The topological polar surface area (TPSA) is 130 Å². The SMILES string of the molecule is O=C(CN1C(=O)c2ccc([N+](=O)[O-])cc2C1=O)N1CCCN(C(=O)C2CCCO2)CC1. The molecule has 0 saturated carbocycles. The molecule has 0 radical (unpaired) electrons. The first-order chi connectivity index (χ1) is 14.9. The van der Waals surface area contributed by atoms with Gasteiger partial charge in [0.05, 0.1) is 16.1 Å². The normalized spacial score (nSPS) is 21.3. The van der Waals surface area contributed by atoms with E-state index in [4.69, 9.17) is 4.74 Å². The molecule has 31 heavy (non-hydrogen) atoms. The zero-order valence-corrected chi connectivity index (χ0v) is 16.8. The van der Waals surface area contributed by atoms with Gasteiger partial charge in [0.15, 0.2) is 0 Å². The lowest BCUT2D eigenvalue weighted by Crippen LogP contribution is -2.45. The van der Waals surface area contributed by atoms with Crippen LogP contribution in [0.25, 0.3) is 0 Å². The van der Waals surface area contributed by atoms with Gasteiger partial charge >= 0.3 is 0 Å². The molecule has 1 atom stereocenters. The molecule has 1 aromatic rings. The van der Waals surface area contributed by atoms with Crippen LogP contribution in [-0.2, 0) is 14.3 Å². The molecular weight excluding hydrogens is 408 g/mol. The summed E-state index contributed by atoms with van der Waals surface area (Å²) in [4.78, 5) is 64.9. The fourth-order valence-corrected chi connectivity index (χ4v) is 4.13. The number of nitrogens with zero attached hydrogens (tertiary/aromatic N) is 4. The summed E-state index contributed by atoms with van der Waals surface area (Å²) >= 11 is 0. The van der Waals surface area contributed by atoms with Crippen molar-refractivity contribution in [1.29, 1.82) is 0 Å². The number of benzene rings is 1. The van der Waals surface area contributed by atoms with Crippen molar-refractivity contribution >= 4 is 29.3 Å². The van der Waals surface area contributed by atoms with E-state index in [9.17, 15) is 29.3 Å². The van der Waals surface area contributed by atoms with Gasteiger partial charge in [0.2, 0.25) is 5.91 Å². The van der Waals surface area contributed by atoms with Gasteiger partial charge in [-0.3, -0.25) is 34.2 Å². The highest BCUT2D eigenvalue weighted by Crippen LogP contribution is 2.27. The minimum Gasteiger partial charge on any atom is -0.368 e. The Morgan fingerprint density at radius 1 is 1.03 bits per heavy atom. The number of rotatable bonds is 4. The second-order valence-corrected chi connectivity index (χ2v) is 7.74. The van der Waals surface area contributed by atoms with Gasteiger partial charge < -0.3 is 14.5 Å². The van der Waals surface area contributed by atoms with Crippen LogP contribution >= 0.6 is 0 Å². The van der Waals surface area contributed by atoms with Gasteiger partial charge in [0, 0.05) is 44.9 Å². The van der Waals surface area contributed by atoms with Crippen LogP contribution < -0.4 is 0 Å². The van der Waals surface area contributed by atoms with E-state index in [1.807, 2.05) is 0 Å². The van der Waals surface area contributed by atoms with Crippen molar-refractivity contribution in [3.63, 3.8) is 0 Å². The summed E-state index contributed by atoms with van der Waals surface area (Å²) in [5, 5.41) is 10.9. The molecular formula is C20H22N4O7. The molecule has 1 unspecified atom stereocenters. The summed E-state index contributed by atoms with van der Waals surface area (Å²) in [6.07, 6.45) is 1.73. The van der Waals surface area contributed by atoms with Crippen LogP contribution in [0.1, 0.15) is 40.0 Å². The molecule has 0 N–H and O–H groups in total. The Morgan fingerprint density at radius 2 is 1.74 bits per heavy atom. The first kappa shape index (κ1) is 20.9. The van der Waals surface area contributed by atoms with Gasteiger partial charge in [-0.25, -0.2) is 0 Å². The molecule has 0 spiro atoms. The van der Waals surface area contributed by atoms with E-state index in [2.05, 4.69) is 0 Å². The average molecular weight is 430 g/mol. The number of nitro benzene ring substituents is 1. The molecule has 2 fully saturated rings. The van der Waals surface area contributed by atoms with Crippen molar-refractivity contribution in [2.75, 3.05) is 39.3 Å². The Balaban J connectivity index is 1.39. The number of ether oxygens (including phenoxy) is 1. The van der Waals surface area contributed by atoms with Gasteiger partial charge in [0.25, 0.3) is 23.4 Å². The molecule has 2 saturated heterocycles. The predicted octanol–water partition coefficient (Wildman–Crippen LogP) is 0.431. The molecule has 0 bridgehead atoms. The number of hydrogen-bond donors (Lipinski definition) is 0. The summed E-state index contributed by atoms with van der Waals surface area (Å²) in [6, 6.07) is 3.45. The maximum absolute atomic E-state index is 12.8. The van der Waals surface area contributed by atoms with Crippen LogP contribution in [0.3, 0.4) is 0 Å². The monoisotopic (exact) mass is 430 g/mol. The number of non-ortho nitro benzene ring substituents is 1. The second kappa shape index (κ2) is 8.42. The summed E-state index contributed by atoms with van der Waals surface area (Å²) < 4.78 is 5.45. The van der Waals surface area contributed by atoms with Gasteiger partial charge in [0.1, 0.15) is 12.6 Å². The number of imide groups is 1. The third-order valence-corrected chi connectivity index (χ3v) is 5.82. The van der Waals surface area contributed by atoms with E-state index in [1.165, 1.54) is 11.0 Å². The molecule has 0 aliphatic carbocycles. The van der Waals surface area contributed by atoms with E-state index >= 15 is 0 Å². The lowest BCUT2D eigenvalue weighted by atomic mass is 10.1. The number of carbonyl (C=O) groups excluding carboxylic acids is 4. The number of amides is 4. The van der Waals surface area contributed by atoms with Crippen LogP contribution in [0.15, 0.2) is 18.2 Å². The van der Waals surface area contributed by atoms with Crippen LogP contribution in [0.4, 0.5) is 5.69 Å². The fourth-order valence-electron chi connectivity index (χ4n) is 4.13. The first-order valence-electron chi connectivity index (χ1n) is 10.2. The van der Waals surface area contributed by atoms with E-state index in [-0.39, 0.29) is 22.7 Å². The molecule has 3 aliphatic rings. The number of hydrogen-bond acceptors (Lipinski definition) is 7. The Bertz CT molecular complexity index is 957. The molecule has 3 heterocycles. The zero-order valence-electron chi connectivity index (χ0n) is 16.8. The van der Waals surface area contributed by atoms with Gasteiger partial charge in [-0.1, -0.05) is 0 Å². The molecule has 0 aromatic heterocycles. The Kier molecular flexibility index (Phi) is 5.68. The highest BCUT2D eigenvalue weighted by Gasteiger charge is 2.39. The molecule has 164 valence electrons. The standard InChI is InChI=1S/C20H22N4O7/c25-17(21-6-2-7-22(9-8-21)20(28)16-3-1-10-31-16)12-23-18(26)14-5-4-13(24(29)30)11-15(14)19(23)27/h4-5,11,16H,1-3,6-10,12H2. The molecule has 1 aromatic carbocycles. The van der Waals surface area contributed by atoms with E-state index in [0.29, 0.717) is 45.6 Å². The first-order valence-corrected chi connectivity index (χ1v) is 10.2. The van der Waals surface area contributed by atoms with Gasteiger partial charge in [-0.2, -0.15) is 0 Å². The lowest BCUT2D eigenvalue weighted by Gasteiger charge is -2.25. The maximum atomic E-state index is 12.8. The molecule has 4 amide bonds. The Hall–Kier alpha value is -3.34. The van der Waals surface area contributed by atoms with Crippen LogP contribution in [0.5, 0.6) is 0 Å². The van der Waals surface area contributed by atoms with E-state index in [1.54, 1.807) is 4.90 Å².